The molecule has 0 aromatic heterocycles. The number of ether oxygens (including phenoxy) is 3. The fraction of sp³-hybridized carbons (Fsp3) is 0.320. The molecule has 1 fully saturated rings. The van der Waals surface area contributed by atoms with Gasteiger partial charge in [-0.1, -0.05) is 12.1 Å². The Bertz CT molecular complexity index is 1110. The number of rotatable bonds is 8. The molecule has 1 aliphatic heterocycles. The summed E-state index contributed by atoms with van der Waals surface area (Å²) in [6, 6.07) is 10.8. The van der Waals surface area contributed by atoms with Crippen molar-refractivity contribution in [1.82, 2.24) is 4.90 Å². The highest BCUT2D eigenvalue weighted by molar-refractivity contribution is 6.46. The first-order valence-corrected chi connectivity index (χ1v) is 10.5. The summed E-state index contributed by atoms with van der Waals surface area (Å²) in [4.78, 5) is 38.8. The van der Waals surface area contributed by atoms with Gasteiger partial charge in [0.15, 0.2) is 0 Å². The van der Waals surface area contributed by atoms with Crippen LogP contribution in [0.25, 0.3) is 5.76 Å². The average Bonchev–Trinajstić information content (AvgIpc) is 3.03. The number of hydrogen-bond acceptors (Lipinski definition) is 7. The van der Waals surface area contributed by atoms with E-state index in [0.717, 1.165) is 5.56 Å². The van der Waals surface area contributed by atoms with Gasteiger partial charge in [-0.15, -0.1) is 0 Å². The first-order valence-electron chi connectivity index (χ1n) is 10.5. The Morgan fingerprint density at radius 1 is 1.12 bits per heavy atom. The molecular weight excluding hydrogens is 426 g/mol. The monoisotopic (exact) mass is 453 g/mol. The van der Waals surface area contributed by atoms with Crippen LogP contribution in [0.15, 0.2) is 48.0 Å². The van der Waals surface area contributed by atoms with E-state index in [1.807, 2.05) is 6.92 Å². The van der Waals surface area contributed by atoms with Gasteiger partial charge in [0.25, 0.3) is 11.7 Å². The van der Waals surface area contributed by atoms with Gasteiger partial charge in [-0.05, 0) is 54.8 Å². The molecular formula is C25H27NO7. The molecule has 0 spiro atoms. The summed E-state index contributed by atoms with van der Waals surface area (Å²) in [6.45, 7) is 3.76. The molecule has 3 rings (SSSR count). The van der Waals surface area contributed by atoms with Gasteiger partial charge in [0.05, 0.1) is 18.7 Å². The maximum atomic E-state index is 13.1. The minimum Gasteiger partial charge on any atom is -0.507 e. The number of amides is 1. The number of methoxy groups -OCH3 is 2. The normalized spacial score (nSPS) is 17.3. The van der Waals surface area contributed by atoms with Crippen molar-refractivity contribution in [1.29, 1.82) is 0 Å². The molecule has 8 nitrogen and oxygen atoms in total. The minimum atomic E-state index is -0.847. The number of nitrogens with zero attached hydrogens (tertiary/aromatic N) is 1. The fourth-order valence-corrected chi connectivity index (χ4v) is 3.93. The molecule has 1 N–H and O–H groups in total. The van der Waals surface area contributed by atoms with Crippen LogP contribution in [0, 0.1) is 6.92 Å². The molecule has 1 saturated heterocycles. The highest BCUT2D eigenvalue weighted by atomic mass is 16.5. The summed E-state index contributed by atoms with van der Waals surface area (Å²) >= 11 is 0. The topological polar surface area (TPSA) is 102 Å². The summed E-state index contributed by atoms with van der Waals surface area (Å²) in [6.07, 6.45) is 0.505. The molecule has 1 atom stereocenters. The number of aryl methyl sites for hydroxylation is 1. The quantitative estimate of drug-likeness (QED) is 0.163. The van der Waals surface area contributed by atoms with E-state index in [2.05, 4.69) is 0 Å². The second-order valence-electron chi connectivity index (χ2n) is 7.69. The lowest BCUT2D eigenvalue weighted by Crippen LogP contribution is -2.31. The van der Waals surface area contributed by atoms with Crippen LogP contribution in [0.4, 0.5) is 0 Å². The van der Waals surface area contributed by atoms with Crippen molar-refractivity contribution in [2.24, 2.45) is 0 Å². The van der Waals surface area contributed by atoms with Crippen LogP contribution in [0.2, 0.25) is 0 Å². The van der Waals surface area contributed by atoms with E-state index in [4.69, 9.17) is 14.2 Å². The third-order valence-corrected chi connectivity index (χ3v) is 5.39. The van der Waals surface area contributed by atoms with E-state index >= 15 is 0 Å². The lowest BCUT2D eigenvalue weighted by Gasteiger charge is -2.25. The number of carbonyl (C=O) groups excluding carboxylic acids is 3. The van der Waals surface area contributed by atoms with E-state index in [1.165, 1.54) is 11.8 Å². The third kappa shape index (κ3) is 5.06. The predicted molar refractivity (Wildman–Crippen MR) is 121 cm³/mol. The van der Waals surface area contributed by atoms with Crippen LogP contribution < -0.4 is 9.47 Å². The molecule has 2 aromatic carbocycles. The summed E-state index contributed by atoms with van der Waals surface area (Å²) in [5.74, 6) is -1.34. The van der Waals surface area contributed by atoms with Crippen molar-refractivity contribution in [3.63, 3.8) is 0 Å². The SMILES string of the molecule is COCCCN1C(=O)C(=O)/C(=C(/O)c2ccc(OC)c(C)c2)C1c1cccc(OC(C)=O)c1. The Morgan fingerprint density at radius 3 is 2.52 bits per heavy atom. The van der Waals surface area contributed by atoms with E-state index < -0.39 is 23.7 Å². The number of Topliss-reactive ketones (excluding diaryl/α,β-unsaturated/α-hetero) is 1. The molecule has 174 valence electrons. The van der Waals surface area contributed by atoms with Crippen molar-refractivity contribution >= 4 is 23.4 Å². The molecule has 33 heavy (non-hydrogen) atoms. The van der Waals surface area contributed by atoms with Crippen molar-refractivity contribution in [2.75, 3.05) is 27.4 Å². The van der Waals surface area contributed by atoms with E-state index in [9.17, 15) is 19.5 Å². The number of benzene rings is 2. The van der Waals surface area contributed by atoms with E-state index in [0.29, 0.717) is 29.9 Å². The first kappa shape index (κ1) is 24.0. The number of ketones is 1. The van der Waals surface area contributed by atoms with Gasteiger partial charge < -0.3 is 24.2 Å². The number of carbonyl (C=O) groups is 3. The van der Waals surface area contributed by atoms with Crippen molar-refractivity contribution in [2.45, 2.75) is 26.3 Å². The summed E-state index contributed by atoms with van der Waals surface area (Å²) in [5.41, 5.74) is 1.67. The molecule has 1 aliphatic rings. The maximum Gasteiger partial charge on any atom is 0.308 e. The van der Waals surface area contributed by atoms with Crippen LogP contribution in [-0.4, -0.2) is 55.0 Å². The zero-order valence-electron chi connectivity index (χ0n) is 19.1. The number of esters is 1. The fourth-order valence-electron chi connectivity index (χ4n) is 3.93. The standard InChI is InChI=1S/C25H27NO7/c1-15-13-18(9-10-20(15)32-4)23(28)21-22(17-7-5-8-19(14-17)33-16(2)27)26(11-6-12-31-3)25(30)24(21)29/h5,7-10,13-14,22,28H,6,11-12H2,1-4H3/b23-21+. The van der Waals surface area contributed by atoms with Gasteiger partial charge in [0.1, 0.15) is 17.3 Å². The largest absolute Gasteiger partial charge is 0.507 e. The first-order chi connectivity index (χ1) is 15.8. The Labute approximate surface area is 192 Å². The van der Waals surface area contributed by atoms with Crippen molar-refractivity contribution in [3.8, 4) is 11.5 Å². The van der Waals surface area contributed by atoms with Crippen LogP contribution in [0.3, 0.4) is 0 Å². The number of hydrogen-bond donors (Lipinski definition) is 1. The Kier molecular flexibility index (Phi) is 7.50. The van der Waals surface area contributed by atoms with Gasteiger partial charge >= 0.3 is 5.97 Å². The van der Waals surface area contributed by atoms with Crippen LogP contribution >= 0.6 is 0 Å². The lowest BCUT2D eigenvalue weighted by molar-refractivity contribution is -0.140. The molecule has 1 heterocycles. The Balaban J connectivity index is 2.14. The van der Waals surface area contributed by atoms with Crippen LogP contribution in [0.1, 0.15) is 36.1 Å². The van der Waals surface area contributed by atoms with Crippen molar-refractivity contribution in [3.05, 3.63) is 64.7 Å². The van der Waals surface area contributed by atoms with Gasteiger partial charge in [-0.25, -0.2) is 0 Å². The molecule has 2 aromatic rings. The third-order valence-electron chi connectivity index (χ3n) is 5.39. The van der Waals surface area contributed by atoms with Gasteiger partial charge in [-0.2, -0.15) is 0 Å². The predicted octanol–water partition coefficient (Wildman–Crippen LogP) is 3.39. The van der Waals surface area contributed by atoms with Crippen molar-refractivity contribution < 1.29 is 33.7 Å². The average molecular weight is 453 g/mol. The highest BCUT2D eigenvalue weighted by Gasteiger charge is 2.45. The smallest absolute Gasteiger partial charge is 0.308 e. The lowest BCUT2D eigenvalue weighted by atomic mass is 9.94. The molecule has 1 unspecified atom stereocenters. The highest BCUT2D eigenvalue weighted by Crippen LogP contribution is 2.40. The maximum absolute atomic E-state index is 13.1. The molecule has 1 amide bonds. The van der Waals surface area contributed by atoms with Gasteiger partial charge in [0.2, 0.25) is 0 Å². The number of aliphatic hydroxyl groups excluding tert-OH is 1. The molecule has 8 heteroatoms. The zero-order valence-corrected chi connectivity index (χ0v) is 19.1. The molecule has 0 saturated carbocycles. The minimum absolute atomic E-state index is 0.0260. The molecule has 0 radical (unpaired) electrons. The van der Waals surface area contributed by atoms with Gasteiger partial charge in [-0.3, -0.25) is 14.4 Å². The summed E-state index contributed by atoms with van der Waals surface area (Å²) in [7, 11) is 3.10. The Morgan fingerprint density at radius 2 is 1.88 bits per heavy atom. The van der Waals surface area contributed by atoms with Crippen LogP contribution in [0.5, 0.6) is 11.5 Å². The number of aliphatic hydroxyl groups is 1. The summed E-state index contributed by atoms with van der Waals surface area (Å²) < 4.78 is 15.5. The molecule has 0 bridgehead atoms. The second kappa shape index (κ2) is 10.3. The zero-order chi connectivity index (χ0) is 24.1. The second-order valence-corrected chi connectivity index (χ2v) is 7.69. The van der Waals surface area contributed by atoms with Crippen LogP contribution in [-0.2, 0) is 19.1 Å². The summed E-state index contributed by atoms with van der Waals surface area (Å²) in [5, 5.41) is 11.2. The van der Waals surface area contributed by atoms with E-state index in [1.54, 1.807) is 56.7 Å². The van der Waals surface area contributed by atoms with E-state index in [-0.39, 0.29) is 23.6 Å². The van der Waals surface area contributed by atoms with Gasteiger partial charge in [0, 0.05) is 32.7 Å². The number of likely N-dealkylation sites (tertiary alicyclic amines) is 1. The molecule has 0 aliphatic carbocycles. The Hall–Kier alpha value is -3.65.